The highest BCUT2D eigenvalue weighted by Crippen LogP contribution is 2.16. The molecule has 6 rings (SSSR count). The van der Waals surface area contributed by atoms with Crippen LogP contribution in [0, 0.1) is 0 Å². The number of para-hydroxylation sites is 4. The molecule has 6 aromatic rings. The average Bonchev–Trinajstić information content (AvgIpc) is 3.04. The topological polar surface area (TPSA) is 87.7 Å². The van der Waals surface area contributed by atoms with E-state index in [-0.39, 0.29) is 0 Å². The number of hydrazine groups is 1. The van der Waals surface area contributed by atoms with E-state index >= 15 is 0 Å². The number of anilines is 2. The van der Waals surface area contributed by atoms with Crippen molar-refractivity contribution in [3.8, 4) is 0 Å². The van der Waals surface area contributed by atoms with Crippen molar-refractivity contribution in [1.29, 1.82) is 0 Å². The number of aldehydes is 1. The van der Waals surface area contributed by atoms with Crippen LogP contribution in [0.25, 0.3) is 21.8 Å². The minimum absolute atomic E-state index is 0.695. The monoisotopic (exact) mass is 540 g/mol. The zero-order valence-electron chi connectivity index (χ0n) is 23.1. The van der Waals surface area contributed by atoms with E-state index < -0.39 is 0 Å². The largest absolute Gasteiger partial charge is 0.314 e. The van der Waals surface area contributed by atoms with Gasteiger partial charge in [0.15, 0.2) is 6.29 Å². The standard InChI is InChI=1S/C17H15N3.C10H7NO.C7H10N2/c1-20(15-7-3-2-4-8-15)19-13-14-11-12-18-17-10-6-5-9-16(14)17;12-7-8-5-6-11-10-4-2-1-3-9(8)10;1-9(8)7-5-3-2-4-6-7/h2-13H,1H3;1-7H;2-6H,8H2,1H3/b19-13+;;. The van der Waals surface area contributed by atoms with Crippen molar-refractivity contribution in [1.82, 2.24) is 9.97 Å². The Kier molecular flexibility index (Phi) is 10.2. The Hall–Kier alpha value is -5.40. The SMILES string of the molecule is CN(/N=C/c1ccnc2ccccc12)c1ccccc1.CN(N)c1ccccc1.O=Cc1ccnc2ccccc12. The third-order valence-corrected chi connectivity index (χ3v) is 6.16. The fourth-order valence-corrected chi connectivity index (χ4v) is 3.97. The number of rotatable bonds is 5. The minimum Gasteiger partial charge on any atom is -0.314 e. The molecule has 7 nitrogen and oxygen atoms in total. The van der Waals surface area contributed by atoms with Gasteiger partial charge in [-0.05, 0) is 48.5 Å². The Labute approximate surface area is 240 Å². The summed E-state index contributed by atoms with van der Waals surface area (Å²) in [5, 5.41) is 9.96. The van der Waals surface area contributed by atoms with Crippen LogP contribution in [0.5, 0.6) is 0 Å². The summed E-state index contributed by atoms with van der Waals surface area (Å²) in [6, 6.07) is 39.2. The van der Waals surface area contributed by atoms with E-state index in [1.165, 1.54) is 0 Å². The zero-order valence-corrected chi connectivity index (χ0v) is 23.1. The van der Waals surface area contributed by atoms with Gasteiger partial charge < -0.3 is 5.01 Å². The summed E-state index contributed by atoms with van der Waals surface area (Å²) in [5.41, 5.74) is 5.69. The van der Waals surface area contributed by atoms with Gasteiger partial charge in [0, 0.05) is 48.4 Å². The van der Waals surface area contributed by atoms with Gasteiger partial charge in [-0.15, -0.1) is 0 Å². The van der Waals surface area contributed by atoms with Gasteiger partial charge in [0.05, 0.1) is 28.6 Å². The Morgan fingerprint density at radius 2 is 1.07 bits per heavy atom. The van der Waals surface area contributed by atoms with Gasteiger partial charge in [-0.1, -0.05) is 72.8 Å². The third kappa shape index (κ3) is 8.05. The molecule has 7 heteroatoms. The van der Waals surface area contributed by atoms with E-state index in [0.29, 0.717) is 5.56 Å². The molecule has 2 N–H and O–H groups in total. The van der Waals surface area contributed by atoms with Crippen molar-refractivity contribution in [3.63, 3.8) is 0 Å². The molecule has 0 radical (unpaired) electrons. The first-order valence-corrected chi connectivity index (χ1v) is 13.1. The molecule has 0 atom stereocenters. The molecule has 0 aliphatic heterocycles. The van der Waals surface area contributed by atoms with Crippen LogP contribution < -0.4 is 15.9 Å². The molecule has 2 heterocycles. The van der Waals surface area contributed by atoms with Crippen LogP contribution in [0.4, 0.5) is 11.4 Å². The normalized spacial score (nSPS) is 10.3. The molecule has 0 fully saturated rings. The van der Waals surface area contributed by atoms with Crippen molar-refractivity contribution in [3.05, 3.63) is 145 Å². The molecule has 0 bridgehead atoms. The number of hydrogen-bond donors (Lipinski definition) is 1. The third-order valence-electron chi connectivity index (χ3n) is 6.16. The first-order valence-electron chi connectivity index (χ1n) is 13.1. The van der Waals surface area contributed by atoms with Gasteiger partial charge in [0.1, 0.15) is 0 Å². The van der Waals surface area contributed by atoms with E-state index in [4.69, 9.17) is 5.84 Å². The maximum Gasteiger partial charge on any atom is 0.150 e. The predicted molar refractivity (Wildman–Crippen MR) is 170 cm³/mol. The second-order valence-electron chi connectivity index (χ2n) is 9.00. The molecule has 0 spiro atoms. The van der Waals surface area contributed by atoms with Crippen LogP contribution in [0.3, 0.4) is 0 Å². The Morgan fingerprint density at radius 3 is 1.59 bits per heavy atom. The van der Waals surface area contributed by atoms with Crippen molar-refractivity contribution >= 4 is 45.7 Å². The fraction of sp³-hybridized carbons (Fsp3) is 0.0588. The first-order chi connectivity index (χ1) is 20.1. The summed E-state index contributed by atoms with van der Waals surface area (Å²) < 4.78 is 0. The molecule has 4 aromatic carbocycles. The van der Waals surface area contributed by atoms with E-state index in [1.54, 1.807) is 17.3 Å². The van der Waals surface area contributed by atoms with E-state index in [0.717, 1.165) is 45.0 Å². The number of nitrogens with two attached hydrogens (primary N) is 1. The highest BCUT2D eigenvalue weighted by atomic mass is 16.1. The average molecular weight is 541 g/mol. The van der Waals surface area contributed by atoms with Crippen LogP contribution in [-0.2, 0) is 0 Å². The van der Waals surface area contributed by atoms with Crippen molar-refractivity contribution in [2.45, 2.75) is 0 Å². The number of fused-ring (bicyclic) bond motifs is 2. The van der Waals surface area contributed by atoms with Gasteiger partial charge in [-0.25, -0.2) is 5.84 Å². The maximum atomic E-state index is 10.6. The van der Waals surface area contributed by atoms with Crippen LogP contribution in [-0.4, -0.2) is 36.6 Å². The predicted octanol–water partition coefficient (Wildman–Crippen LogP) is 6.75. The lowest BCUT2D eigenvalue weighted by Gasteiger charge is -2.12. The first kappa shape index (κ1) is 28.6. The van der Waals surface area contributed by atoms with Crippen molar-refractivity contribution in [2.75, 3.05) is 24.1 Å². The summed E-state index contributed by atoms with van der Waals surface area (Å²) in [4.78, 5) is 19.1. The molecule has 0 saturated carbocycles. The lowest BCUT2D eigenvalue weighted by Crippen LogP contribution is -2.24. The van der Waals surface area contributed by atoms with E-state index in [9.17, 15) is 4.79 Å². The molecule has 204 valence electrons. The molecule has 2 aromatic heterocycles. The van der Waals surface area contributed by atoms with Crippen LogP contribution >= 0.6 is 0 Å². The molecule has 0 aliphatic rings. The highest BCUT2D eigenvalue weighted by Gasteiger charge is 2.00. The van der Waals surface area contributed by atoms with Crippen LogP contribution in [0.2, 0.25) is 0 Å². The number of benzene rings is 4. The Balaban J connectivity index is 0.000000156. The molecule has 0 amide bonds. The van der Waals surface area contributed by atoms with Gasteiger partial charge in [0.2, 0.25) is 0 Å². The zero-order chi connectivity index (χ0) is 28.9. The van der Waals surface area contributed by atoms with E-state index in [1.807, 2.05) is 141 Å². The van der Waals surface area contributed by atoms with Gasteiger partial charge in [-0.3, -0.25) is 19.8 Å². The van der Waals surface area contributed by atoms with Crippen LogP contribution in [0.15, 0.2) is 139 Å². The van der Waals surface area contributed by atoms with Gasteiger partial charge in [-0.2, -0.15) is 5.10 Å². The second-order valence-corrected chi connectivity index (χ2v) is 9.00. The highest BCUT2D eigenvalue weighted by molar-refractivity contribution is 5.98. The number of carbonyl (C=O) groups is 1. The van der Waals surface area contributed by atoms with Gasteiger partial charge in [0.25, 0.3) is 0 Å². The molecule has 0 unspecified atom stereocenters. The lowest BCUT2D eigenvalue weighted by atomic mass is 10.1. The second kappa shape index (κ2) is 14.7. The number of hydrogen-bond acceptors (Lipinski definition) is 7. The molecular weight excluding hydrogens is 508 g/mol. The maximum absolute atomic E-state index is 10.6. The van der Waals surface area contributed by atoms with Crippen molar-refractivity contribution in [2.24, 2.45) is 10.9 Å². The Bertz CT molecular complexity index is 1690. The number of pyridine rings is 2. The molecule has 0 saturated heterocycles. The smallest absolute Gasteiger partial charge is 0.150 e. The number of aromatic nitrogens is 2. The number of hydrazone groups is 1. The molecule has 0 aliphatic carbocycles. The Morgan fingerprint density at radius 1 is 0.610 bits per heavy atom. The minimum atomic E-state index is 0.695. The molecular formula is C34H32N6O. The van der Waals surface area contributed by atoms with Crippen molar-refractivity contribution < 1.29 is 4.79 Å². The lowest BCUT2D eigenvalue weighted by molar-refractivity contribution is 0.112. The summed E-state index contributed by atoms with van der Waals surface area (Å²) in [6.45, 7) is 0. The van der Waals surface area contributed by atoms with Crippen LogP contribution in [0.1, 0.15) is 15.9 Å². The summed E-state index contributed by atoms with van der Waals surface area (Å²) in [7, 11) is 3.75. The summed E-state index contributed by atoms with van der Waals surface area (Å²) in [5.74, 6) is 5.45. The quantitative estimate of drug-likeness (QED) is 0.113. The van der Waals surface area contributed by atoms with E-state index in [2.05, 4.69) is 21.1 Å². The number of nitrogens with zero attached hydrogens (tertiary/aromatic N) is 5. The molecule has 41 heavy (non-hydrogen) atoms. The summed E-state index contributed by atoms with van der Waals surface area (Å²) in [6.07, 6.45) is 6.18. The number of carbonyl (C=O) groups excluding carboxylic acids is 1. The summed E-state index contributed by atoms with van der Waals surface area (Å²) >= 11 is 0. The fourth-order valence-electron chi connectivity index (χ4n) is 3.97. The van der Waals surface area contributed by atoms with Gasteiger partial charge >= 0.3 is 0 Å².